The van der Waals surface area contributed by atoms with E-state index in [4.69, 9.17) is 0 Å². The van der Waals surface area contributed by atoms with E-state index < -0.39 is 0 Å². The monoisotopic (exact) mass is 244 g/mol. The van der Waals surface area contributed by atoms with Crippen LogP contribution in [0.1, 0.15) is 24.3 Å². The summed E-state index contributed by atoms with van der Waals surface area (Å²) < 4.78 is 0. The number of aliphatic hydroxyl groups excluding tert-OH is 1. The molecule has 0 unspecified atom stereocenters. The van der Waals surface area contributed by atoms with Crippen molar-refractivity contribution in [1.82, 2.24) is 10.6 Å². The van der Waals surface area contributed by atoms with Crippen LogP contribution in [0, 0.1) is 5.92 Å². The average Bonchev–Trinajstić information content (AvgIpc) is 2.91. The van der Waals surface area contributed by atoms with Crippen molar-refractivity contribution in [2.45, 2.75) is 36.4 Å². The Bertz CT molecular complexity index is 449. The lowest BCUT2D eigenvalue weighted by atomic mass is 9.78. The van der Waals surface area contributed by atoms with Gasteiger partial charge in [-0.2, -0.15) is 0 Å². The molecule has 1 aromatic rings. The van der Waals surface area contributed by atoms with Crippen molar-refractivity contribution < 1.29 is 5.11 Å². The van der Waals surface area contributed by atoms with Crippen molar-refractivity contribution in [1.29, 1.82) is 0 Å². The Hall–Kier alpha value is -0.900. The second-order valence-electron chi connectivity index (χ2n) is 6.12. The third kappa shape index (κ3) is 1.35. The predicted molar refractivity (Wildman–Crippen MR) is 70.4 cm³/mol. The molecule has 0 saturated carbocycles. The number of piperidine rings is 1. The van der Waals surface area contributed by atoms with Crippen molar-refractivity contribution in [3.63, 3.8) is 0 Å². The average molecular weight is 244 g/mol. The maximum atomic E-state index is 10.6. The van der Waals surface area contributed by atoms with E-state index in [-0.39, 0.29) is 11.6 Å². The molecule has 4 rings (SSSR count). The number of fused-ring (bicyclic) bond motifs is 1. The minimum atomic E-state index is -0.221. The fraction of sp³-hybridized carbons (Fsp3) is 0.600. The first-order chi connectivity index (χ1) is 8.79. The minimum absolute atomic E-state index is 0.0318. The molecule has 2 bridgehead atoms. The molecule has 3 heteroatoms. The van der Waals surface area contributed by atoms with Crippen molar-refractivity contribution >= 4 is 0 Å². The van der Waals surface area contributed by atoms with E-state index in [0.29, 0.717) is 17.9 Å². The molecule has 0 aliphatic carbocycles. The maximum absolute atomic E-state index is 10.6. The van der Waals surface area contributed by atoms with Gasteiger partial charge < -0.3 is 15.7 Å². The van der Waals surface area contributed by atoms with Gasteiger partial charge in [0.05, 0.1) is 11.6 Å². The van der Waals surface area contributed by atoms with Crippen LogP contribution in [0.15, 0.2) is 30.3 Å². The summed E-state index contributed by atoms with van der Waals surface area (Å²) in [5.41, 5.74) is 1.34. The molecule has 18 heavy (non-hydrogen) atoms. The van der Waals surface area contributed by atoms with Crippen LogP contribution in [0.3, 0.4) is 0 Å². The molecular weight excluding hydrogens is 224 g/mol. The Balaban J connectivity index is 1.67. The third-order valence-electron chi connectivity index (χ3n) is 5.31. The zero-order chi connectivity index (χ0) is 12.2. The summed E-state index contributed by atoms with van der Waals surface area (Å²) >= 11 is 0. The molecule has 3 aliphatic heterocycles. The zero-order valence-corrected chi connectivity index (χ0v) is 10.5. The second kappa shape index (κ2) is 3.80. The van der Waals surface area contributed by atoms with E-state index in [0.717, 1.165) is 19.5 Å². The van der Waals surface area contributed by atoms with Gasteiger partial charge in [0.1, 0.15) is 0 Å². The normalized spacial score (nSPS) is 46.1. The molecule has 1 aromatic carbocycles. The molecule has 0 radical (unpaired) electrons. The fourth-order valence-electron chi connectivity index (χ4n) is 4.39. The smallest absolute Gasteiger partial charge is 0.0743 e. The molecule has 0 aromatic heterocycles. The highest BCUT2D eigenvalue weighted by atomic mass is 16.3. The van der Waals surface area contributed by atoms with E-state index >= 15 is 0 Å². The SMILES string of the molecule is O[C@@H]1C[C@H](c2ccccc2)[C@H]2C[C@@H]3CNC[C@]31N2. The topological polar surface area (TPSA) is 44.3 Å². The number of benzene rings is 1. The first kappa shape index (κ1) is 11.0. The van der Waals surface area contributed by atoms with E-state index in [9.17, 15) is 5.11 Å². The van der Waals surface area contributed by atoms with Crippen LogP contribution in [-0.4, -0.2) is 35.9 Å². The van der Waals surface area contributed by atoms with Gasteiger partial charge >= 0.3 is 0 Å². The van der Waals surface area contributed by atoms with Gasteiger partial charge in [0, 0.05) is 18.5 Å². The van der Waals surface area contributed by atoms with Crippen molar-refractivity contribution in [3.8, 4) is 0 Å². The number of hydrogen-bond acceptors (Lipinski definition) is 3. The standard InChI is InChI=1S/C15H20N2O/c18-14-7-12(10-4-2-1-3-5-10)13-6-11-8-16-9-15(11,14)17-13/h1-5,11-14,16-18H,6-9H2/t11-,12-,13-,14-,15+/m1/s1. The van der Waals surface area contributed by atoms with Crippen LogP contribution in [0.4, 0.5) is 0 Å². The molecule has 96 valence electrons. The summed E-state index contributed by atoms with van der Waals surface area (Å²) in [6, 6.07) is 11.2. The number of hydrogen-bond donors (Lipinski definition) is 3. The van der Waals surface area contributed by atoms with E-state index in [1.54, 1.807) is 0 Å². The highest BCUT2D eigenvalue weighted by molar-refractivity contribution is 5.28. The first-order valence-corrected chi connectivity index (χ1v) is 7.01. The highest BCUT2D eigenvalue weighted by Gasteiger charge is 2.59. The van der Waals surface area contributed by atoms with Gasteiger partial charge in [0.15, 0.2) is 0 Å². The molecule has 3 aliphatic rings. The molecular formula is C15H20N2O. The van der Waals surface area contributed by atoms with Gasteiger partial charge in [-0.05, 0) is 30.9 Å². The maximum Gasteiger partial charge on any atom is 0.0743 e. The second-order valence-corrected chi connectivity index (χ2v) is 6.12. The molecule has 3 heterocycles. The quantitative estimate of drug-likeness (QED) is 0.686. The Morgan fingerprint density at radius 3 is 2.83 bits per heavy atom. The molecule has 3 fully saturated rings. The molecule has 3 nitrogen and oxygen atoms in total. The summed E-state index contributed by atoms with van der Waals surface area (Å²) in [7, 11) is 0. The number of aliphatic hydroxyl groups is 1. The Kier molecular flexibility index (Phi) is 2.31. The van der Waals surface area contributed by atoms with E-state index in [1.165, 1.54) is 12.0 Å². The molecule has 0 amide bonds. The van der Waals surface area contributed by atoms with E-state index in [2.05, 4.69) is 41.0 Å². The lowest BCUT2D eigenvalue weighted by Crippen LogP contribution is -2.61. The Morgan fingerprint density at radius 1 is 1.17 bits per heavy atom. The first-order valence-electron chi connectivity index (χ1n) is 7.01. The molecule has 3 saturated heterocycles. The van der Waals surface area contributed by atoms with Crippen LogP contribution in [0.2, 0.25) is 0 Å². The summed E-state index contributed by atoms with van der Waals surface area (Å²) in [6.45, 7) is 1.99. The van der Waals surface area contributed by atoms with Crippen molar-refractivity contribution in [2.75, 3.05) is 13.1 Å². The van der Waals surface area contributed by atoms with Crippen LogP contribution in [0.5, 0.6) is 0 Å². The molecule has 3 N–H and O–H groups in total. The zero-order valence-electron chi connectivity index (χ0n) is 10.5. The fourth-order valence-corrected chi connectivity index (χ4v) is 4.39. The van der Waals surface area contributed by atoms with Gasteiger partial charge in [-0.1, -0.05) is 30.3 Å². The van der Waals surface area contributed by atoms with E-state index in [1.807, 2.05) is 0 Å². The lowest BCUT2D eigenvalue weighted by molar-refractivity contribution is 0.0297. The minimum Gasteiger partial charge on any atom is -0.391 e. The predicted octanol–water partition coefficient (Wildman–Crippen LogP) is 0.855. The Labute approximate surface area is 108 Å². The Morgan fingerprint density at radius 2 is 2.00 bits per heavy atom. The number of rotatable bonds is 1. The lowest BCUT2D eigenvalue weighted by Gasteiger charge is -2.42. The molecule has 1 spiro atoms. The van der Waals surface area contributed by atoms with Crippen molar-refractivity contribution in [2.24, 2.45) is 5.92 Å². The van der Waals surface area contributed by atoms with Crippen LogP contribution in [0.25, 0.3) is 0 Å². The van der Waals surface area contributed by atoms with Gasteiger partial charge in [0.2, 0.25) is 0 Å². The summed E-state index contributed by atoms with van der Waals surface area (Å²) in [4.78, 5) is 0. The van der Waals surface area contributed by atoms with Gasteiger partial charge in [-0.3, -0.25) is 0 Å². The largest absolute Gasteiger partial charge is 0.391 e. The van der Waals surface area contributed by atoms with Gasteiger partial charge in [-0.25, -0.2) is 0 Å². The summed E-state index contributed by atoms with van der Waals surface area (Å²) in [5, 5.41) is 17.8. The summed E-state index contributed by atoms with van der Waals surface area (Å²) in [5.74, 6) is 1.07. The van der Waals surface area contributed by atoms with Gasteiger partial charge in [0.25, 0.3) is 0 Å². The van der Waals surface area contributed by atoms with Crippen LogP contribution >= 0.6 is 0 Å². The summed E-state index contributed by atoms with van der Waals surface area (Å²) in [6.07, 6.45) is 1.88. The third-order valence-corrected chi connectivity index (χ3v) is 5.31. The van der Waals surface area contributed by atoms with Crippen LogP contribution < -0.4 is 10.6 Å². The number of nitrogens with one attached hydrogen (secondary N) is 2. The van der Waals surface area contributed by atoms with Gasteiger partial charge in [-0.15, -0.1) is 0 Å². The molecule has 5 atom stereocenters. The highest BCUT2D eigenvalue weighted by Crippen LogP contribution is 2.47. The van der Waals surface area contributed by atoms with Crippen molar-refractivity contribution in [3.05, 3.63) is 35.9 Å². The van der Waals surface area contributed by atoms with Crippen LogP contribution in [-0.2, 0) is 0 Å².